The maximum atomic E-state index is 12.0. The van der Waals surface area contributed by atoms with Crippen LogP contribution in [-0.2, 0) is 23.0 Å². The lowest BCUT2D eigenvalue weighted by Crippen LogP contribution is -2.20. The fourth-order valence-corrected chi connectivity index (χ4v) is 3.69. The second kappa shape index (κ2) is 5.36. The average molecular weight is 291 g/mol. The highest BCUT2D eigenvalue weighted by Crippen LogP contribution is 2.38. The molecule has 2 heterocycles. The van der Waals surface area contributed by atoms with Crippen molar-refractivity contribution in [2.75, 3.05) is 6.61 Å². The lowest BCUT2D eigenvalue weighted by Gasteiger charge is -2.19. The van der Waals surface area contributed by atoms with Crippen LogP contribution in [0.2, 0.25) is 0 Å². The van der Waals surface area contributed by atoms with Gasteiger partial charge in [0.15, 0.2) is 0 Å². The lowest BCUT2D eigenvalue weighted by atomic mass is 9.91. The third kappa shape index (κ3) is 2.35. The van der Waals surface area contributed by atoms with Crippen molar-refractivity contribution in [2.24, 2.45) is 7.05 Å². The van der Waals surface area contributed by atoms with E-state index in [9.17, 15) is 4.79 Å². The topological polar surface area (TPSA) is 57.0 Å². The van der Waals surface area contributed by atoms with Crippen LogP contribution < -0.4 is 0 Å². The highest BCUT2D eigenvalue weighted by atomic mass is 32.1. The number of fused-ring (bicyclic) bond motifs is 1. The molecular weight excluding hydrogens is 274 g/mol. The normalized spacial score (nSPS) is 17.8. The Labute approximate surface area is 121 Å². The zero-order chi connectivity index (χ0) is 14.1. The Morgan fingerprint density at radius 3 is 3.15 bits per heavy atom. The van der Waals surface area contributed by atoms with E-state index in [2.05, 4.69) is 10.1 Å². The van der Waals surface area contributed by atoms with E-state index in [1.165, 1.54) is 4.88 Å². The van der Waals surface area contributed by atoms with Gasteiger partial charge in [-0.05, 0) is 26.2 Å². The van der Waals surface area contributed by atoms with Crippen LogP contribution >= 0.6 is 11.3 Å². The summed E-state index contributed by atoms with van der Waals surface area (Å²) in [5.74, 6) is -0.336. The molecule has 3 rings (SSSR count). The summed E-state index contributed by atoms with van der Waals surface area (Å²) in [6.45, 7) is 2.26. The van der Waals surface area contributed by atoms with Crippen LogP contribution in [0, 0.1) is 0 Å². The zero-order valence-corrected chi connectivity index (χ0v) is 12.4. The average Bonchev–Trinajstić information content (AvgIpc) is 3.03. The van der Waals surface area contributed by atoms with E-state index >= 15 is 0 Å². The molecule has 5 nitrogen and oxygen atoms in total. The van der Waals surface area contributed by atoms with Crippen molar-refractivity contribution in [2.45, 2.75) is 32.1 Å². The molecule has 0 aromatic carbocycles. The van der Waals surface area contributed by atoms with Crippen LogP contribution in [0.25, 0.3) is 10.6 Å². The number of esters is 1. The van der Waals surface area contributed by atoms with Gasteiger partial charge in [-0.2, -0.15) is 5.10 Å². The largest absolute Gasteiger partial charge is 0.465 e. The summed E-state index contributed by atoms with van der Waals surface area (Å²) in [5, 5.41) is 5.12. The predicted molar refractivity (Wildman–Crippen MR) is 76.6 cm³/mol. The van der Waals surface area contributed by atoms with E-state index < -0.39 is 0 Å². The molecule has 0 N–H and O–H groups in total. The highest BCUT2D eigenvalue weighted by Gasteiger charge is 2.31. The number of aryl methyl sites for hydroxylation is 2. The third-order valence-electron chi connectivity index (χ3n) is 3.48. The van der Waals surface area contributed by atoms with E-state index in [-0.39, 0.29) is 11.9 Å². The molecule has 0 bridgehead atoms. The summed E-state index contributed by atoms with van der Waals surface area (Å²) in [6, 6.07) is 0. The fraction of sp³-hybridized carbons (Fsp3) is 0.500. The number of carbonyl (C=O) groups excluding carboxylic acids is 1. The van der Waals surface area contributed by atoms with Gasteiger partial charge in [0.2, 0.25) is 0 Å². The van der Waals surface area contributed by atoms with Crippen LogP contribution in [0.5, 0.6) is 0 Å². The second-order valence-corrected chi connectivity index (χ2v) is 6.01. The molecule has 1 atom stereocenters. The van der Waals surface area contributed by atoms with E-state index in [4.69, 9.17) is 4.74 Å². The first-order valence-corrected chi connectivity index (χ1v) is 7.66. The monoisotopic (exact) mass is 291 g/mol. The molecule has 0 spiro atoms. The number of hydrogen-bond acceptors (Lipinski definition) is 5. The molecule has 0 radical (unpaired) electrons. The van der Waals surface area contributed by atoms with Gasteiger partial charge in [0.25, 0.3) is 0 Å². The van der Waals surface area contributed by atoms with Crippen LogP contribution in [0.4, 0.5) is 0 Å². The minimum absolute atomic E-state index is 0.142. The summed E-state index contributed by atoms with van der Waals surface area (Å²) in [4.78, 5) is 17.9. The maximum absolute atomic E-state index is 12.0. The van der Waals surface area contributed by atoms with Crippen molar-refractivity contribution in [1.82, 2.24) is 14.8 Å². The maximum Gasteiger partial charge on any atom is 0.315 e. The van der Waals surface area contributed by atoms with Crippen molar-refractivity contribution in [3.8, 4) is 10.6 Å². The molecule has 0 aliphatic heterocycles. The van der Waals surface area contributed by atoms with Gasteiger partial charge in [-0.3, -0.25) is 9.48 Å². The number of ether oxygens (including phenoxy) is 1. The van der Waals surface area contributed by atoms with Gasteiger partial charge in [-0.15, -0.1) is 11.3 Å². The first-order chi connectivity index (χ1) is 9.69. The van der Waals surface area contributed by atoms with Crippen LogP contribution in [0.15, 0.2) is 12.4 Å². The number of rotatable bonds is 3. The Hall–Kier alpha value is -1.69. The molecule has 0 saturated heterocycles. The minimum atomic E-state index is -0.194. The van der Waals surface area contributed by atoms with Crippen molar-refractivity contribution in [3.63, 3.8) is 0 Å². The Balaban J connectivity index is 1.94. The molecule has 2 aromatic heterocycles. The first-order valence-electron chi connectivity index (χ1n) is 6.84. The molecule has 20 heavy (non-hydrogen) atoms. The molecule has 0 amide bonds. The van der Waals surface area contributed by atoms with Crippen molar-refractivity contribution in [3.05, 3.63) is 23.0 Å². The number of thiazole rings is 1. The molecule has 1 aliphatic rings. The van der Waals surface area contributed by atoms with Crippen molar-refractivity contribution in [1.29, 1.82) is 0 Å². The lowest BCUT2D eigenvalue weighted by molar-refractivity contribution is -0.145. The molecule has 106 valence electrons. The molecule has 0 fully saturated rings. The molecule has 6 heteroatoms. The van der Waals surface area contributed by atoms with Gasteiger partial charge in [0.1, 0.15) is 10.9 Å². The number of nitrogens with zero attached hydrogens (tertiary/aromatic N) is 3. The summed E-state index contributed by atoms with van der Waals surface area (Å²) in [5.41, 5.74) is 1.92. The summed E-state index contributed by atoms with van der Waals surface area (Å²) in [6.07, 6.45) is 6.61. The predicted octanol–water partition coefficient (Wildman–Crippen LogP) is 2.53. The van der Waals surface area contributed by atoms with Crippen molar-refractivity contribution >= 4 is 17.3 Å². The van der Waals surface area contributed by atoms with Crippen LogP contribution in [0.3, 0.4) is 0 Å². The van der Waals surface area contributed by atoms with E-state index in [1.807, 2.05) is 26.4 Å². The standard InChI is InChI=1S/C14H17N3O2S/c1-3-19-14(18)10-5-4-6-11-12(10)16-13(20-11)9-7-15-17(2)8-9/h7-8,10H,3-6H2,1-2H3/t10-/m1/s1. The summed E-state index contributed by atoms with van der Waals surface area (Å²) < 4.78 is 6.93. The molecule has 0 saturated carbocycles. The Bertz CT molecular complexity index is 632. The van der Waals surface area contributed by atoms with Crippen LogP contribution in [0.1, 0.15) is 36.3 Å². The summed E-state index contributed by atoms with van der Waals surface area (Å²) >= 11 is 1.67. The van der Waals surface area contributed by atoms with Crippen molar-refractivity contribution < 1.29 is 9.53 Å². The molecular formula is C14H17N3O2S. The Morgan fingerprint density at radius 2 is 2.45 bits per heavy atom. The van der Waals surface area contributed by atoms with Gasteiger partial charge < -0.3 is 4.74 Å². The van der Waals surface area contributed by atoms with Crippen LogP contribution in [-0.4, -0.2) is 27.3 Å². The van der Waals surface area contributed by atoms with Gasteiger partial charge in [0.05, 0.1) is 18.5 Å². The fourth-order valence-electron chi connectivity index (χ4n) is 2.55. The number of aromatic nitrogens is 3. The van der Waals surface area contributed by atoms with E-state index in [0.717, 1.165) is 35.5 Å². The highest BCUT2D eigenvalue weighted by molar-refractivity contribution is 7.15. The third-order valence-corrected chi connectivity index (χ3v) is 4.66. The van der Waals surface area contributed by atoms with Gasteiger partial charge in [-0.25, -0.2) is 4.98 Å². The quantitative estimate of drug-likeness (QED) is 0.815. The molecule has 1 aliphatic carbocycles. The molecule has 2 aromatic rings. The van der Waals surface area contributed by atoms with Gasteiger partial charge in [0, 0.05) is 23.7 Å². The summed E-state index contributed by atoms with van der Waals surface area (Å²) in [7, 11) is 1.89. The first kappa shape index (κ1) is 13.3. The smallest absolute Gasteiger partial charge is 0.315 e. The SMILES string of the molecule is CCOC(=O)[C@@H]1CCCc2sc(-c3cnn(C)c3)nc21. The van der Waals surface area contributed by atoms with Gasteiger partial charge >= 0.3 is 5.97 Å². The van der Waals surface area contributed by atoms with E-state index in [0.29, 0.717) is 6.61 Å². The van der Waals surface area contributed by atoms with E-state index in [1.54, 1.807) is 16.0 Å². The van der Waals surface area contributed by atoms with Gasteiger partial charge in [-0.1, -0.05) is 0 Å². The zero-order valence-electron chi connectivity index (χ0n) is 11.6. The minimum Gasteiger partial charge on any atom is -0.465 e. The Morgan fingerprint density at radius 1 is 1.60 bits per heavy atom. The second-order valence-electron chi connectivity index (χ2n) is 4.93. The Kier molecular flexibility index (Phi) is 3.56. The molecule has 0 unspecified atom stereocenters. The number of carbonyl (C=O) groups is 1. The number of hydrogen-bond donors (Lipinski definition) is 0.